The summed E-state index contributed by atoms with van der Waals surface area (Å²) >= 11 is 0. The summed E-state index contributed by atoms with van der Waals surface area (Å²) in [6.45, 7) is 12.6. The number of rotatable bonds is 8. The van der Waals surface area contributed by atoms with Crippen LogP contribution in [0.5, 0.6) is 0 Å². The van der Waals surface area contributed by atoms with Crippen LogP contribution >= 0.6 is 0 Å². The maximum atomic E-state index is 3.70. The lowest BCUT2D eigenvalue weighted by atomic mass is 9.86. The monoisotopic (exact) mass is 549 g/mol. The lowest BCUT2D eigenvalue weighted by Gasteiger charge is -2.27. The normalized spacial score (nSPS) is 12.1. The minimum atomic E-state index is 0.500. The first-order chi connectivity index (χ1) is 20.5. The maximum Gasteiger partial charge on any atom is 0.0490 e. The highest BCUT2D eigenvalue weighted by Crippen LogP contribution is 2.42. The number of fused-ring (bicyclic) bond motifs is 1. The van der Waals surface area contributed by atoms with Crippen molar-refractivity contribution in [3.05, 3.63) is 163 Å². The third kappa shape index (κ3) is 7.17. The van der Waals surface area contributed by atoms with Crippen molar-refractivity contribution >= 4 is 27.7 Å². The Balaban J connectivity index is 0.000000262. The lowest BCUT2D eigenvalue weighted by Crippen LogP contribution is -2.12. The van der Waals surface area contributed by atoms with E-state index < -0.39 is 0 Å². The van der Waals surface area contributed by atoms with Gasteiger partial charge in [0.05, 0.1) is 0 Å². The third-order valence-electron chi connectivity index (χ3n) is 7.84. The summed E-state index contributed by atoms with van der Waals surface area (Å²) in [7, 11) is 2.17. The van der Waals surface area contributed by atoms with Crippen molar-refractivity contribution < 1.29 is 0 Å². The van der Waals surface area contributed by atoms with Gasteiger partial charge < -0.3 is 4.90 Å². The van der Waals surface area contributed by atoms with Gasteiger partial charge in [0.2, 0.25) is 0 Å². The molecule has 5 aromatic carbocycles. The Kier molecular flexibility index (Phi) is 10.7. The van der Waals surface area contributed by atoms with Crippen LogP contribution in [0, 0.1) is 6.92 Å². The summed E-state index contributed by atoms with van der Waals surface area (Å²) in [4.78, 5) is 2.32. The van der Waals surface area contributed by atoms with Crippen LogP contribution in [0.3, 0.4) is 0 Å². The Labute approximate surface area is 253 Å². The van der Waals surface area contributed by atoms with Crippen LogP contribution in [0.1, 0.15) is 49.8 Å². The Morgan fingerprint density at radius 3 is 2.05 bits per heavy atom. The second-order valence-corrected chi connectivity index (χ2v) is 10.7. The van der Waals surface area contributed by atoms with Crippen molar-refractivity contribution in [2.75, 3.05) is 11.9 Å². The first-order valence-electron chi connectivity index (χ1n) is 14.9. The fourth-order valence-corrected chi connectivity index (χ4v) is 5.36. The Hall–Kier alpha value is -4.62. The number of allylic oxidation sites excluding steroid dienone is 5. The summed E-state index contributed by atoms with van der Waals surface area (Å²) in [6, 6.07) is 41.0. The minimum absolute atomic E-state index is 0.500. The summed E-state index contributed by atoms with van der Waals surface area (Å²) in [5.41, 5.74) is 10.3. The van der Waals surface area contributed by atoms with Gasteiger partial charge >= 0.3 is 0 Å². The van der Waals surface area contributed by atoms with Gasteiger partial charge in [-0.15, -0.1) is 0 Å². The number of hydrogen-bond acceptors (Lipinski definition) is 1. The van der Waals surface area contributed by atoms with Gasteiger partial charge in [0.15, 0.2) is 0 Å². The van der Waals surface area contributed by atoms with Crippen molar-refractivity contribution in [1.29, 1.82) is 0 Å². The summed E-state index contributed by atoms with van der Waals surface area (Å²) in [5, 5.41) is 2.59. The van der Waals surface area contributed by atoms with Gasteiger partial charge in [-0.2, -0.15) is 0 Å². The topological polar surface area (TPSA) is 3.24 Å². The molecule has 0 saturated heterocycles. The minimum Gasteiger partial charge on any atom is -0.344 e. The number of hydrogen-bond donors (Lipinski definition) is 0. The molecule has 0 heterocycles. The Morgan fingerprint density at radius 2 is 1.43 bits per heavy atom. The van der Waals surface area contributed by atoms with Crippen molar-refractivity contribution in [2.24, 2.45) is 0 Å². The molecule has 1 heteroatoms. The second-order valence-electron chi connectivity index (χ2n) is 10.7. The summed E-state index contributed by atoms with van der Waals surface area (Å²) in [6.07, 6.45) is 9.05. The SMILES string of the molecule is C=C/C=C(\C=C/C)c1ccccc1.CCC(C)c1cccc(N(C)c2ccccc2)c1-c1cc2ccccc2cc1C. The molecule has 0 aromatic heterocycles. The molecule has 1 unspecified atom stereocenters. The third-order valence-corrected chi connectivity index (χ3v) is 7.84. The first kappa shape index (κ1) is 30.3. The Bertz CT molecular complexity index is 1660. The zero-order valence-electron chi connectivity index (χ0n) is 25.7. The van der Waals surface area contributed by atoms with Crippen LogP contribution in [-0.4, -0.2) is 7.05 Å². The van der Waals surface area contributed by atoms with Gasteiger partial charge in [0.1, 0.15) is 0 Å². The molecule has 5 rings (SSSR count). The molecule has 0 aliphatic rings. The van der Waals surface area contributed by atoms with Gasteiger partial charge in [0, 0.05) is 24.0 Å². The molecule has 0 bridgehead atoms. The maximum absolute atomic E-state index is 3.70. The lowest BCUT2D eigenvalue weighted by molar-refractivity contribution is 0.735. The molecule has 1 atom stereocenters. The molecule has 0 aliphatic carbocycles. The fraction of sp³-hybridized carbons (Fsp3) is 0.171. The van der Waals surface area contributed by atoms with Crippen LogP contribution in [0.4, 0.5) is 11.4 Å². The molecule has 212 valence electrons. The second kappa shape index (κ2) is 14.8. The number of anilines is 2. The molecule has 0 aliphatic heterocycles. The molecule has 0 amide bonds. The Morgan fingerprint density at radius 1 is 0.810 bits per heavy atom. The molecule has 0 saturated carbocycles. The van der Waals surface area contributed by atoms with Gasteiger partial charge in [-0.1, -0.05) is 136 Å². The molecule has 5 aromatic rings. The largest absolute Gasteiger partial charge is 0.344 e. The van der Waals surface area contributed by atoms with Crippen molar-refractivity contribution in [3.63, 3.8) is 0 Å². The van der Waals surface area contributed by atoms with Crippen molar-refractivity contribution in [3.8, 4) is 11.1 Å². The highest BCUT2D eigenvalue weighted by atomic mass is 15.1. The van der Waals surface area contributed by atoms with Crippen LogP contribution < -0.4 is 4.90 Å². The van der Waals surface area contributed by atoms with Crippen LogP contribution in [0.2, 0.25) is 0 Å². The van der Waals surface area contributed by atoms with Crippen LogP contribution in [0.15, 0.2) is 146 Å². The molecule has 0 radical (unpaired) electrons. The zero-order valence-corrected chi connectivity index (χ0v) is 25.7. The van der Waals surface area contributed by atoms with E-state index in [-0.39, 0.29) is 0 Å². The van der Waals surface area contributed by atoms with E-state index in [0.717, 1.165) is 6.42 Å². The van der Waals surface area contributed by atoms with E-state index in [0.29, 0.717) is 5.92 Å². The van der Waals surface area contributed by atoms with Crippen molar-refractivity contribution in [1.82, 2.24) is 0 Å². The number of para-hydroxylation sites is 1. The molecular weight excluding hydrogens is 506 g/mol. The van der Waals surface area contributed by atoms with E-state index in [1.807, 2.05) is 43.4 Å². The number of nitrogens with zero attached hydrogens (tertiary/aromatic N) is 1. The molecule has 0 fully saturated rings. The van der Waals surface area contributed by atoms with Gasteiger partial charge in [0.25, 0.3) is 0 Å². The fourth-order valence-electron chi connectivity index (χ4n) is 5.36. The van der Waals surface area contributed by atoms with Gasteiger partial charge in [-0.05, 0) is 89.1 Å². The van der Waals surface area contributed by atoms with E-state index in [1.165, 1.54) is 55.5 Å². The van der Waals surface area contributed by atoms with Gasteiger partial charge in [-0.25, -0.2) is 0 Å². The molecular formula is C41H43N. The zero-order chi connectivity index (χ0) is 29.9. The number of aryl methyl sites for hydroxylation is 1. The summed E-state index contributed by atoms with van der Waals surface area (Å²) < 4.78 is 0. The van der Waals surface area contributed by atoms with Crippen LogP contribution in [0.25, 0.3) is 27.5 Å². The highest BCUT2D eigenvalue weighted by molar-refractivity contribution is 5.94. The van der Waals surface area contributed by atoms with E-state index in [1.54, 1.807) is 0 Å². The smallest absolute Gasteiger partial charge is 0.0490 e. The van der Waals surface area contributed by atoms with Crippen LogP contribution in [-0.2, 0) is 0 Å². The average Bonchev–Trinajstić information content (AvgIpc) is 3.04. The highest BCUT2D eigenvalue weighted by Gasteiger charge is 2.19. The van der Waals surface area contributed by atoms with Crippen molar-refractivity contribution in [2.45, 2.75) is 40.0 Å². The molecule has 0 spiro atoms. The van der Waals surface area contributed by atoms with Gasteiger partial charge in [-0.3, -0.25) is 0 Å². The standard InChI is InChI=1S/C28H29N.C13H14/c1-5-20(2)25-16-11-17-27(29(4)24-14-7-6-8-15-24)28(25)26-19-23-13-10-9-12-22(23)18-21(26)3;1-3-8-12(9-4-2)13-10-6-5-7-11-13/h6-20H,5H2,1-4H3;3-11H,1H2,2H3/b;9-4-,12-8+. The van der Waals surface area contributed by atoms with E-state index in [9.17, 15) is 0 Å². The molecule has 0 N–H and O–H groups in total. The van der Waals surface area contributed by atoms with E-state index >= 15 is 0 Å². The molecule has 42 heavy (non-hydrogen) atoms. The predicted molar refractivity (Wildman–Crippen MR) is 187 cm³/mol. The summed E-state index contributed by atoms with van der Waals surface area (Å²) in [5.74, 6) is 0.500. The van der Waals surface area contributed by atoms with E-state index in [2.05, 4.69) is 142 Å². The molecule has 1 nitrogen and oxygen atoms in total. The number of benzene rings is 5. The first-order valence-corrected chi connectivity index (χ1v) is 14.9. The quantitative estimate of drug-likeness (QED) is 0.174. The average molecular weight is 550 g/mol. The predicted octanol–water partition coefficient (Wildman–Crippen LogP) is 11.9. The van der Waals surface area contributed by atoms with E-state index in [4.69, 9.17) is 0 Å².